The van der Waals surface area contributed by atoms with Crippen LogP contribution in [0.2, 0.25) is 0 Å². The molecule has 0 unspecified atom stereocenters. The fraction of sp³-hybridized carbons (Fsp3) is 0.450. The summed E-state index contributed by atoms with van der Waals surface area (Å²) in [5.41, 5.74) is 4.31. The molecule has 0 saturated heterocycles. The smallest absolute Gasteiger partial charge is 0.195 e. The van der Waals surface area contributed by atoms with E-state index in [0.29, 0.717) is 0 Å². The second kappa shape index (κ2) is 4.92. The average molecular weight is 296 g/mol. The molecule has 0 heterocycles. The number of benzene rings is 1. The van der Waals surface area contributed by atoms with Crippen LogP contribution in [0.4, 0.5) is 0 Å². The summed E-state index contributed by atoms with van der Waals surface area (Å²) >= 11 is 0. The Labute approximate surface area is 132 Å². The maximum Gasteiger partial charge on any atom is 0.195 e. The lowest BCUT2D eigenvalue weighted by molar-refractivity contribution is -0.141. The Morgan fingerprint density at radius 2 is 2.09 bits per heavy atom. The van der Waals surface area contributed by atoms with Gasteiger partial charge in [-0.15, -0.1) is 0 Å². The number of carbonyl (C=O) groups excluding carboxylic acids is 1. The van der Waals surface area contributed by atoms with Gasteiger partial charge in [0.2, 0.25) is 0 Å². The predicted molar refractivity (Wildman–Crippen MR) is 89.5 cm³/mol. The summed E-state index contributed by atoms with van der Waals surface area (Å²) in [5.74, 6) is -0.229. The third kappa shape index (κ3) is 1.87. The highest BCUT2D eigenvalue weighted by atomic mass is 16.3. The van der Waals surface area contributed by atoms with Crippen LogP contribution in [0.3, 0.4) is 0 Å². The van der Waals surface area contributed by atoms with Gasteiger partial charge in [0.05, 0.1) is 0 Å². The molecule has 0 aromatic heterocycles. The van der Waals surface area contributed by atoms with E-state index in [-0.39, 0.29) is 17.6 Å². The number of hydrogen-bond acceptors (Lipinski definition) is 2. The molecule has 2 heteroatoms. The minimum absolute atomic E-state index is 0.0992. The molecule has 2 nitrogen and oxygen atoms in total. The van der Waals surface area contributed by atoms with Gasteiger partial charge in [0.1, 0.15) is 0 Å². The number of carbonyl (C=O) groups is 1. The van der Waals surface area contributed by atoms with E-state index in [1.54, 1.807) is 0 Å². The molecular weight excluding hydrogens is 272 g/mol. The van der Waals surface area contributed by atoms with Crippen molar-refractivity contribution in [3.8, 4) is 0 Å². The zero-order valence-corrected chi connectivity index (χ0v) is 13.9. The summed E-state index contributed by atoms with van der Waals surface area (Å²) in [5, 5.41) is 11.6. The Morgan fingerprint density at radius 1 is 1.41 bits per heavy atom. The van der Waals surface area contributed by atoms with Crippen LogP contribution in [0.15, 0.2) is 29.9 Å². The molecule has 0 fully saturated rings. The quantitative estimate of drug-likeness (QED) is 0.839. The summed E-state index contributed by atoms with van der Waals surface area (Å²) < 4.78 is 0. The van der Waals surface area contributed by atoms with Gasteiger partial charge in [-0.05, 0) is 55.4 Å². The maximum absolute atomic E-state index is 13.1. The fourth-order valence-corrected chi connectivity index (χ4v) is 4.09. The third-order valence-corrected chi connectivity index (χ3v) is 5.28. The molecule has 22 heavy (non-hydrogen) atoms. The van der Waals surface area contributed by atoms with Crippen LogP contribution < -0.4 is 0 Å². The molecule has 0 radical (unpaired) electrons. The van der Waals surface area contributed by atoms with Gasteiger partial charge in [-0.1, -0.05) is 38.1 Å². The monoisotopic (exact) mass is 296 g/mol. The Bertz CT molecular complexity index is 709. The van der Waals surface area contributed by atoms with Gasteiger partial charge < -0.3 is 5.11 Å². The van der Waals surface area contributed by atoms with Crippen molar-refractivity contribution in [3.05, 3.63) is 52.1 Å². The van der Waals surface area contributed by atoms with Gasteiger partial charge in [0.25, 0.3) is 0 Å². The largest absolute Gasteiger partial charge is 0.376 e. The Balaban J connectivity index is 2.36. The average Bonchev–Trinajstić information content (AvgIpc) is 2.44. The van der Waals surface area contributed by atoms with Crippen molar-refractivity contribution >= 4 is 11.9 Å². The van der Waals surface area contributed by atoms with Crippen molar-refractivity contribution < 1.29 is 9.90 Å². The van der Waals surface area contributed by atoms with Crippen molar-refractivity contribution in [2.24, 2.45) is 11.8 Å². The lowest BCUT2D eigenvalue weighted by atomic mass is 9.61. The van der Waals surface area contributed by atoms with Gasteiger partial charge in [0, 0.05) is 17.1 Å². The first kappa shape index (κ1) is 15.2. The van der Waals surface area contributed by atoms with Crippen molar-refractivity contribution in [1.82, 2.24) is 0 Å². The van der Waals surface area contributed by atoms with Crippen LogP contribution in [0.5, 0.6) is 0 Å². The van der Waals surface area contributed by atoms with Crippen LogP contribution in [0.25, 0.3) is 6.08 Å². The lowest BCUT2D eigenvalue weighted by Crippen LogP contribution is -2.50. The first-order valence-electron chi connectivity index (χ1n) is 8.05. The van der Waals surface area contributed by atoms with Crippen molar-refractivity contribution in [3.63, 3.8) is 0 Å². The molecule has 0 amide bonds. The molecule has 1 aromatic rings. The van der Waals surface area contributed by atoms with Crippen molar-refractivity contribution in [1.29, 1.82) is 0 Å². The van der Waals surface area contributed by atoms with E-state index in [4.69, 9.17) is 0 Å². The Hall–Kier alpha value is -1.67. The zero-order valence-electron chi connectivity index (χ0n) is 13.9. The summed E-state index contributed by atoms with van der Waals surface area (Å²) in [6.45, 7) is 12.0. The first-order valence-corrected chi connectivity index (χ1v) is 8.05. The second-order valence-corrected chi connectivity index (χ2v) is 7.11. The van der Waals surface area contributed by atoms with Crippen molar-refractivity contribution in [2.45, 2.75) is 46.1 Å². The molecule has 0 spiro atoms. The normalized spacial score (nSPS) is 26.7. The van der Waals surface area contributed by atoms with Gasteiger partial charge >= 0.3 is 0 Å². The SMILES string of the molecule is C=C(C)[C@H]1CCc2c(C)ccc3c2[C@]1(O)C(=O)C(C(C)C)=C3. The van der Waals surface area contributed by atoms with Gasteiger partial charge in [-0.25, -0.2) is 0 Å². The molecule has 2 aliphatic carbocycles. The number of rotatable bonds is 2. The minimum Gasteiger partial charge on any atom is -0.376 e. The standard InChI is InChI=1S/C20H24O2/c1-11(2)16-10-14-7-6-13(5)15-8-9-17(12(3)4)20(22,18(14)15)19(16)21/h6-7,10-11,17,22H,3,8-9H2,1-2,4-5H3/t17-,20+/m1/s1. The third-order valence-electron chi connectivity index (χ3n) is 5.28. The van der Waals surface area contributed by atoms with E-state index >= 15 is 0 Å². The number of aryl methyl sites for hydroxylation is 1. The lowest BCUT2D eigenvalue weighted by Gasteiger charge is -2.45. The summed E-state index contributed by atoms with van der Waals surface area (Å²) in [4.78, 5) is 13.1. The van der Waals surface area contributed by atoms with E-state index in [0.717, 1.165) is 46.2 Å². The molecule has 0 saturated carbocycles. The number of Topliss-reactive ketones (excluding diaryl/α,β-unsaturated/α-hetero) is 1. The van der Waals surface area contributed by atoms with E-state index in [2.05, 4.69) is 19.6 Å². The van der Waals surface area contributed by atoms with Crippen LogP contribution in [-0.2, 0) is 16.8 Å². The number of hydrogen-bond donors (Lipinski definition) is 1. The Kier molecular flexibility index (Phi) is 3.41. The molecule has 116 valence electrons. The summed E-state index contributed by atoms with van der Waals surface area (Å²) in [6.07, 6.45) is 3.65. The maximum atomic E-state index is 13.1. The first-order chi connectivity index (χ1) is 10.3. The summed E-state index contributed by atoms with van der Waals surface area (Å²) in [7, 11) is 0. The highest BCUT2D eigenvalue weighted by Gasteiger charge is 2.53. The molecule has 0 aliphatic heterocycles. The van der Waals surface area contributed by atoms with Gasteiger partial charge in [-0.2, -0.15) is 0 Å². The predicted octanol–water partition coefficient (Wildman–Crippen LogP) is 3.94. The molecule has 2 atom stereocenters. The topological polar surface area (TPSA) is 37.3 Å². The highest BCUT2D eigenvalue weighted by Crippen LogP contribution is 2.50. The van der Waals surface area contributed by atoms with Crippen LogP contribution in [0, 0.1) is 18.8 Å². The van der Waals surface area contributed by atoms with E-state index < -0.39 is 5.60 Å². The van der Waals surface area contributed by atoms with E-state index in [1.165, 1.54) is 0 Å². The van der Waals surface area contributed by atoms with Gasteiger partial charge in [0.15, 0.2) is 11.4 Å². The van der Waals surface area contributed by atoms with Gasteiger partial charge in [-0.3, -0.25) is 4.79 Å². The molecular formula is C20H24O2. The Morgan fingerprint density at radius 3 is 2.68 bits per heavy atom. The fourth-order valence-electron chi connectivity index (χ4n) is 4.09. The van der Waals surface area contributed by atoms with Crippen LogP contribution in [-0.4, -0.2) is 10.9 Å². The summed E-state index contributed by atoms with van der Waals surface area (Å²) in [6, 6.07) is 4.13. The van der Waals surface area contributed by atoms with Crippen LogP contribution >= 0.6 is 0 Å². The van der Waals surface area contributed by atoms with Crippen molar-refractivity contribution in [2.75, 3.05) is 0 Å². The zero-order chi connectivity index (χ0) is 16.2. The minimum atomic E-state index is -1.44. The van der Waals surface area contributed by atoms with E-state index in [9.17, 15) is 9.90 Å². The molecule has 0 bridgehead atoms. The molecule has 2 aliphatic rings. The van der Waals surface area contributed by atoms with E-state index in [1.807, 2.05) is 32.9 Å². The number of aliphatic hydroxyl groups is 1. The second-order valence-electron chi connectivity index (χ2n) is 7.11. The highest BCUT2D eigenvalue weighted by molar-refractivity contribution is 6.09. The van der Waals surface area contributed by atoms with Crippen LogP contribution in [0.1, 0.15) is 49.4 Å². The number of ketones is 1. The molecule has 1 aromatic carbocycles. The molecule has 1 N–H and O–H groups in total. The molecule has 3 rings (SSSR count).